The number of piperazine rings is 1. The zero-order valence-corrected chi connectivity index (χ0v) is 14.3. The lowest BCUT2D eigenvalue weighted by atomic mass is 9.76. The van der Waals surface area contributed by atoms with Gasteiger partial charge in [-0.15, -0.1) is 0 Å². The van der Waals surface area contributed by atoms with Gasteiger partial charge in [-0.2, -0.15) is 0 Å². The lowest BCUT2D eigenvalue weighted by molar-refractivity contribution is -0.146. The van der Waals surface area contributed by atoms with Gasteiger partial charge in [0.15, 0.2) is 0 Å². The summed E-state index contributed by atoms with van der Waals surface area (Å²) in [7, 11) is 0. The molecule has 1 aliphatic heterocycles. The minimum atomic E-state index is -1.15. The molecule has 2 fully saturated rings. The van der Waals surface area contributed by atoms with Crippen molar-refractivity contribution in [3.8, 4) is 0 Å². The monoisotopic (exact) mass is 347 g/mol. The van der Waals surface area contributed by atoms with Gasteiger partial charge in [-0.1, -0.05) is 0 Å². The number of aromatic nitrogens is 1. The molecule has 0 spiro atoms. The fraction of sp³-hybridized carbons (Fsp3) is 0.611. The van der Waals surface area contributed by atoms with Crippen molar-refractivity contribution in [1.29, 1.82) is 0 Å². The van der Waals surface area contributed by atoms with Crippen LogP contribution in [0.15, 0.2) is 24.5 Å². The summed E-state index contributed by atoms with van der Waals surface area (Å²) in [6.45, 7) is 2.98. The van der Waals surface area contributed by atoms with Gasteiger partial charge < -0.3 is 20.0 Å². The maximum Gasteiger partial charge on any atom is 0.306 e. The Labute approximate surface area is 147 Å². The number of hydrogen-bond donors (Lipinski definition) is 2. The molecule has 1 saturated heterocycles. The van der Waals surface area contributed by atoms with Crippen LogP contribution in [0.5, 0.6) is 0 Å². The largest absolute Gasteiger partial charge is 0.481 e. The van der Waals surface area contributed by atoms with Crippen LogP contribution in [0.3, 0.4) is 0 Å². The molecule has 1 aromatic heterocycles. The Morgan fingerprint density at radius 3 is 2.28 bits per heavy atom. The van der Waals surface area contributed by atoms with Crippen molar-refractivity contribution < 1.29 is 19.8 Å². The fourth-order valence-corrected chi connectivity index (χ4v) is 3.86. The van der Waals surface area contributed by atoms with E-state index in [9.17, 15) is 14.7 Å². The minimum absolute atomic E-state index is 0.0958. The molecular weight excluding hydrogens is 322 g/mol. The topological polar surface area (TPSA) is 94.0 Å². The normalized spacial score (nSPS) is 27.2. The Hall–Kier alpha value is -2.15. The average molecular weight is 347 g/mol. The maximum atomic E-state index is 12.7. The number of carboxylic acid groups (broad SMARTS) is 1. The standard InChI is InChI=1S/C18H25N3O4/c22-16(23)13-18(25)5-1-14(2-6-18)17(24)21-11-9-20(10-12-21)15-3-7-19-8-4-15/h3-4,7-8,14,25H,1-2,5-6,9-13H2,(H,22,23). The molecule has 0 radical (unpaired) electrons. The number of amides is 1. The van der Waals surface area contributed by atoms with Gasteiger partial charge in [0.1, 0.15) is 0 Å². The highest BCUT2D eigenvalue weighted by Crippen LogP contribution is 2.35. The number of hydrogen-bond acceptors (Lipinski definition) is 5. The molecule has 3 rings (SSSR count). The first-order chi connectivity index (χ1) is 12.0. The van der Waals surface area contributed by atoms with Gasteiger partial charge in [0.05, 0.1) is 12.0 Å². The van der Waals surface area contributed by atoms with Gasteiger partial charge in [-0.25, -0.2) is 0 Å². The molecule has 0 unspecified atom stereocenters. The van der Waals surface area contributed by atoms with Crippen LogP contribution in [0.4, 0.5) is 5.69 Å². The molecule has 1 aliphatic carbocycles. The number of aliphatic carboxylic acids is 1. The lowest BCUT2D eigenvalue weighted by Gasteiger charge is -2.40. The average Bonchev–Trinajstić information content (AvgIpc) is 2.62. The van der Waals surface area contributed by atoms with Crippen LogP contribution in [0.25, 0.3) is 0 Å². The van der Waals surface area contributed by atoms with E-state index in [2.05, 4.69) is 9.88 Å². The van der Waals surface area contributed by atoms with E-state index in [-0.39, 0.29) is 18.2 Å². The van der Waals surface area contributed by atoms with Gasteiger partial charge >= 0.3 is 5.97 Å². The number of carbonyl (C=O) groups is 2. The van der Waals surface area contributed by atoms with Gasteiger partial charge in [0.25, 0.3) is 0 Å². The molecule has 2 aliphatic rings. The highest BCUT2D eigenvalue weighted by atomic mass is 16.4. The van der Waals surface area contributed by atoms with E-state index in [0.29, 0.717) is 38.8 Å². The molecule has 25 heavy (non-hydrogen) atoms. The second-order valence-electron chi connectivity index (χ2n) is 7.09. The van der Waals surface area contributed by atoms with Crippen molar-refractivity contribution in [2.24, 2.45) is 5.92 Å². The number of anilines is 1. The van der Waals surface area contributed by atoms with Crippen LogP contribution in [0.1, 0.15) is 32.1 Å². The first-order valence-electron chi connectivity index (χ1n) is 8.85. The summed E-state index contributed by atoms with van der Waals surface area (Å²) in [5, 5.41) is 19.2. The van der Waals surface area contributed by atoms with Crippen molar-refractivity contribution in [3.05, 3.63) is 24.5 Å². The van der Waals surface area contributed by atoms with Crippen LogP contribution in [-0.2, 0) is 9.59 Å². The van der Waals surface area contributed by atoms with Crippen LogP contribution in [0, 0.1) is 5.92 Å². The molecule has 136 valence electrons. The van der Waals surface area contributed by atoms with Crippen LogP contribution in [-0.4, -0.2) is 63.8 Å². The molecule has 1 saturated carbocycles. The molecule has 0 atom stereocenters. The first-order valence-corrected chi connectivity index (χ1v) is 8.85. The van der Waals surface area contributed by atoms with Gasteiger partial charge in [0, 0.05) is 50.2 Å². The van der Waals surface area contributed by atoms with E-state index in [4.69, 9.17) is 5.11 Å². The van der Waals surface area contributed by atoms with Crippen molar-refractivity contribution in [1.82, 2.24) is 9.88 Å². The van der Waals surface area contributed by atoms with Crippen molar-refractivity contribution in [2.45, 2.75) is 37.7 Å². The van der Waals surface area contributed by atoms with E-state index in [1.165, 1.54) is 0 Å². The Bertz CT molecular complexity index is 606. The van der Waals surface area contributed by atoms with E-state index < -0.39 is 11.6 Å². The maximum absolute atomic E-state index is 12.7. The number of carboxylic acids is 1. The molecule has 0 aromatic carbocycles. The third kappa shape index (κ3) is 4.28. The number of nitrogens with zero attached hydrogens (tertiary/aromatic N) is 3. The zero-order valence-electron chi connectivity index (χ0n) is 14.3. The van der Waals surface area contributed by atoms with E-state index in [1.54, 1.807) is 12.4 Å². The Morgan fingerprint density at radius 1 is 1.12 bits per heavy atom. The number of carbonyl (C=O) groups excluding carboxylic acids is 1. The summed E-state index contributed by atoms with van der Waals surface area (Å²) < 4.78 is 0. The fourth-order valence-electron chi connectivity index (χ4n) is 3.86. The van der Waals surface area contributed by atoms with Gasteiger partial charge in [-0.3, -0.25) is 14.6 Å². The number of aliphatic hydroxyl groups is 1. The number of rotatable bonds is 4. The molecular formula is C18H25N3O4. The van der Waals surface area contributed by atoms with Crippen molar-refractivity contribution in [3.63, 3.8) is 0 Å². The smallest absolute Gasteiger partial charge is 0.306 e. The van der Waals surface area contributed by atoms with Crippen LogP contribution < -0.4 is 4.90 Å². The summed E-state index contributed by atoms with van der Waals surface area (Å²) in [5.74, 6) is -0.937. The SMILES string of the molecule is O=C(O)CC1(O)CCC(C(=O)N2CCN(c3ccncc3)CC2)CC1. The molecule has 1 amide bonds. The van der Waals surface area contributed by atoms with Crippen molar-refractivity contribution in [2.75, 3.05) is 31.1 Å². The second-order valence-corrected chi connectivity index (χ2v) is 7.09. The summed E-state index contributed by atoms with van der Waals surface area (Å²) in [4.78, 5) is 31.7. The highest BCUT2D eigenvalue weighted by Gasteiger charge is 2.38. The predicted molar refractivity (Wildman–Crippen MR) is 92.2 cm³/mol. The predicted octanol–water partition coefficient (Wildman–Crippen LogP) is 1.13. The molecule has 0 bridgehead atoms. The van der Waals surface area contributed by atoms with Crippen molar-refractivity contribution >= 4 is 17.6 Å². The summed E-state index contributed by atoms with van der Waals surface area (Å²) >= 11 is 0. The highest BCUT2D eigenvalue weighted by molar-refractivity contribution is 5.79. The molecule has 1 aromatic rings. The zero-order chi connectivity index (χ0) is 17.9. The minimum Gasteiger partial charge on any atom is -0.481 e. The third-order valence-electron chi connectivity index (χ3n) is 5.37. The van der Waals surface area contributed by atoms with E-state index in [0.717, 1.165) is 18.8 Å². The van der Waals surface area contributed by atoms with E-state index in [1.807, 2.05) is 17.0 Å². The first kappa shape index (κ1) is 17.7. The Balaban J connectivity index is 1.49. The number of pyridine rings is 1. The third-order valence-corrected chi connectivity index (χ3v) is 5.37. The van der Waals surface area contributed by atoms with Gasteiger partial charge in [0.2, 0.25) is 5.91 Å². The van der Waals surface area contributed by atoms with Crippen LogP contribution in [0.2, 0.25) is 0 Å². The summed E-state index contributed by atoms with van der Waals surface area (Å²) in [6.07, 6.45) is 5.19. The van der Waals surface area contributed by atoms with Gasteiger partial charge in [-0.05, 0) is 37.8 Å². The second kappa shape index (κ2) is 7.39. The van der Waals surface area contributed by atoms with E-state index >= 15 is 0 Å². The molecule has 2 N–H and O–H groups in total. The lowest BCUT2D eigenvalue weighted by Crippen LogP contribution is -2.51. The Morgan fingerprint density at radius 2 is 1.72 bits per heavy atom. The Kier molecular flexibility index (Phi) is 5.22. The molecule has 7 heteroatoms. The quantitative estimate of drug-likeness (QED) is 0.848. The summed E-state index contributed by atoms with van der Waals surface area (Å²) in [6, 6.07) is 3.95. The van der Waals surface area contributed by atoms with Crippen LogP contribution >= 0.6 is 0 Å². The molecule has 7 nitrogen and oxygen atoms in total. The summed E-state index contributed by atoms with van der Waals surface area (Å²) in [5.41, 5.74) is -0.0265. The molecule has 2 heterocycles.